The average molecular weight is 315 g/mol. The number of carbonyl (C=O) groups is 3. The Morgan fingerprint density at radius 3 is 2.50 bits per heavy atom. The third-order valence-corrected chi connectivity index (χ3v) is 3.25. The van der Waals surface area contributed by atoms with Crippen molar-refractivity contribution in [1.82, 2.24) is 15.5 Å². The van der Waals surface area contributed by atoms with E-state index in [9.17, 15) is 14.4 Å². The Labute approximate surface area is 130 Å². The average Bonchev–Trinajstić information content (AvgIpc) is 2.91. The molecule has 126 valence electrons. The van der Waals surface area contributed by atoms with Gasteiger partial charge in [0.05, 0.1) is 6.61 Å². The van der Waals surface area contributed by atoms with E-state index in [0.29, 0.717) is 19.4 Å². The van der Waals surface area contributed by atoms with E-state index in [0.717, 1.165) is 0 Å². The Morgan fingerprint density at radius 2 is 2.00 bits per heavy atom. The monoisotopic (exact) mass is 315 g/mol. The van der Waals surface area contributed by atoms with Crippen LogP contribution in [0.4, 0.5) is 4.79 Å². The topological polar surface area (TPSA) is 108 Å². The van der Waals surface area contributed by atoms with Crippen LogP contribution in [-0.2, 0) is 14.3 Å². The molecule has 0 aliphatic carbocycles. The van der Waals surface area contributed by atoms with E-state index in [4.69, 9.17) is 9.84 Å². The fourth-order valence-corrected chi connectivity index (χ4v) is 2.21. The van der Waals surface area contributed by atoms with Gasteiger partial charge in [0.15, 0.2) is 0 Å². The van der Waals surface area contributed by atoms with E-state index < -0.39 is 42.2 Å². The summed E-state index contributed by atoms with van der Waals surface area (Å²) in [6.07, 6.45) is 0.628. The Balaban J connectivity index is 2.71. The molecule has 8 nitrogen and oxygen atoms in total. The van der Waals surface area contributed by atoms with Crippen LogP contribution in [0.5, 0.6) is 0 Å². The minimum atomic E-state index is -1.03. The van der Waals surface area contributed by atoms with Crippen molar-refractivity contribution in [3.63, 3.8) is 0 Å². The van der Waals surface area contributed by atoms with Crippen LogP contribution in [0.25, 0.3) is 0 Å². The van der Waals surface area contributed by atoms with E-state index in [1.54, 1.807) is 20.8 Å². The number of amides is 3. The summed E-state index contributed by atoms with van der Waals surface area (Å²) < 4.78 is 5.28. The molecule has 0 aromatic carbocycles. The number of likely N-dealkylation sites (N-methyl/N-ethyl adjacent to an activating group) is 1. The molecule has 0 saturated carbocycles. The lowest BCUT2D eigenvalue weighted by atomic mass is 10.2. The fourth-order valence-electron chi connectivity index (χ4n) is 2.21. The van der Waals surface area contributed by atoms with Crippen molar-refractivity contribution in [3.05, 3.63) is 0 Å². The molecule has 2 atom stereocenters. The smallest absolute Gasteiger partial charge is 0.410 e. The normalized spacial score (nSPS) is 19.5. The molecule has 1 aliphatic rings. The van der Waals surface area contributed by atoms with Gasteiger partial charge in [-0.25, -0.2) is 4.79 Å². The number of nitrogens with zero attached hydrogens (tertiary/aromatic N) is 1. The molecule has 1 saturated heterocycles. The molecule has 3 amide bonds. The quantitative estimate of drug-likeness (QED) is 0.655. The van der Waals surface area contributed by atoms with Gasteiger partial charge in [0.1, 0.15) is 17.7 Å². The van der Waals surface area contributed by atoms with Crippen molar-refractivity contribution >= 4 is 17.9 Å². The molecular weight excluding hydrogens is 290 g/mol. The summed E-state index contributed by atoms with van der Waals surface area (Å²) in [5, 5.41) is 14.0. The van der Waals surface area contributed by atoms with Gasteiger partial charge < -0.3 is 20.5 Å². The molecule has 3 N–H and O–H groups in total. The van der Waals surface area contributed by atoms with Gasteiger partial charge in [0.2, 0.25) is 11.8 Å². The lowest BCUT2D eigenvalue weighted by Gasteiger charge is -2.28. The summed E-state index contributed by atoms with van der Waals surface area (Å²) >= 11 is 0. The van der Waals surface area contributed by atoms with Crippen molar-refractivity contribution < 1.29 is 24.2 Å². The van der Waals surface area contributed by atoms with Crippen LogP contribution in [0.3, 0.4) is 0 Å². The molecule has 1 aliphatic heterocycles. The highest BCUT2D eigenvalue weighted by atomic mass is 16.6. The molecule has 1 fully saturated rings. The number of hydrogen-bond acceptors (Lipinski definition) is 5. The molecule has 1 heterocycles. The van der Waals surface area contributed by atoms with Crippen molar-refractivity contribution in [1.29, 1.82) is 0 Å². The second-order valence-electron chi connectivity index (χ2n) is 6.19. The largest absolute Gasteiger partial charge is 0.444 e. The second-order valence-corrected chi connectivity index (χ2v) is 6.19. The Morgan fingerprint density at radius 1 is 1.36 bits per heavy atom. The lowest BCUT2D eigenvalue weighted by Crippen LogP contribution is -2.54. The first-order valence-electron chi connectivity index (χ1n) is 7.32. The van der Waals surface area contributed by atoms with Crippen LogP contribution in [-0.4, -0.2) is 65.8 Å². The van der Waals surface area contributed by atoms with E-state index in [-0.39, 0.29) is 0 Å². The summed E-state index contributed by atoms with van der Waals surface area (Å²) in [6, 6.07) is -1.72. The first-order valence-corrected chi connectivity index (χ1v) is 7.32. The third-order valence-electron chi connectivity index (χ3n) is 3.25. The van der Waals surface area contributed by atoms with Crippen molar-refractivity contribution in [3.8, 4) is 0 Å². The summed E-state index contributed by atoms with van der Waals surface area (Å²) in [5.74, 6) is -0.955. The number of rotatable bonds is 4. The van der Waals surface area contributed by atoms with Crippen LogP contribution in [0.2, 0.25) is 0 Å². The number of aliphatic hydroxyl groups is 1. The summed E-state index contributed by atoms with van der Waals surface area (Å²) in [7, 11) is 1.42. The third kappa shape index (κ3) is 4.87. The zero-order valence-corrected chi connectivity index (χ0v) is 13.5. The zero-order chi connectivity index (χ0) is 16.9. The molecule has 0 spiro atoms. The molecule has 0 radical (unpaired) electrons. The Hall–Kier alpha value is -1.83. The lowest BCUT2D eigenvalue weighted by molar-refractivity contribution is -0.132. The summed E-state index contributed by atoms with van der Waals surface area (Å²) in [5.41, 5.74) is -0.642. The van der Waals surface area contributed by atoms with Crippen molar-refractivity contribution in [2.45, 2.75) is 51.3 Å². The van der Waals surface area contributed by atoms with Gasteiger partial charge in [-0.2, -0.15) is 0 Å². The molecule has 0 aromatic heterocycles. The van der Waals surface area contributed by atoms with Gasteiger partial charge in [-0.05, 0) is 33.6 Å². The van der Waals surface area contributed by atoms with E-state index in [1.807, 2.05) is 0 Å². The van der Waals surface area contributed by atoms with Crippen LogP contribution in [0, 0.1) is 0 Å². The Kier molecular flexibility index (Phi) is 6.16. The van der Waals surface area contributed by atoms with Crippen molar-refractivity contribution in [2.24, 2.45) is 0 Å². The second kappa shape index (κ2) is 7.44. The highest BCUT2D eigenvalue weighted by Gasteiger charge is 2.37. The van der Waals surface area contributed by atoms with Gasteiger partial charge in [0.25, 0.3) is 0 Å². The molecular formula is C14H25N3O5. The van der Waals surface area contributed by atoms with Gasteiger partial charge in [0, 0.05) is 13.6 Å². The minimum absolute atomic E-state index is 0.427. The standard InChI is InChI=1S/C14H25N3O5/c1-14(2,3)22-13(21)17-7-5-6-10(17)12(20)16-9(8-18)11(19)15-4/h9-10,18H,5-8H2,1-4H3,(H,15,19)(H,16,20)/t9-,10+/m1/s1. The number of hydrogen-bond donors (Lipinski definition) is 3. The van der Waals surface area contributed by atoms with Gasteiger partial charge in [-0.15, -0.1) is 0 Å². The summed E-state index contributed by atoms with van der Waals surface area (Å²) in [6.45, 7) is 5.18. The molecule has 1 rings (SSSR count). The first-order chi connectivity index (χ1) is 10.2. The van der Waals surface area contributed by atoms with E-state index >= 15 is 0 Å². The maximum absolute atomic E-state index is 12.3. The maximum Gasteiger partial charge on any atom is 0.410 e. The number of carbonyl (C=O) groups excluding carboxylic acids is 3. The number of aliphatic hydroxyl groups excluding tert-OH is 1. The van der Waals surface area contributed by atoms with Gasteiger partial charge in [-0.1, -0.05) is 0 Å². The van der Waals surface area contributed by atoms with E-state index in [1.165, 1.54) is 11.9 Å². The van der Waals surface area contributed by atoms with Crippen LogP contribution in [0.1, 0.15) is 33.6 Å². The van der Waals surface area contributed by atoms with E-state index in [2.05, 4.69) is 10.6 Å². The maximum atomic E-state index is 12.3. The minimum Gasteiger partial charge on any atom is -0.444 e. The number of nitrogens with one attached hydrogen (secondary N) is 2. The zero-order valence-electron chi connectivity index (χ0n) is 13.5. The fraction of sp³-hybridized carbons (Fsp3) is 0.786. The molecule has 0 bridgehead atoms. The molecule has 0 aromatic rings. The highest BCUT2D eigenvalue weighted by Crippen LogP contribution is 2.21. The first kappa shape index (κ1) is 18.2. The molecule has 22 heavy (non-hydrogen) atoms. The van der Waals surface area contributed by atoms with Crippen LogP contribution < -0.4 is 10.6 Å². The van der Waals surface area contributed by atoms with Gasteiger partial charge in [-0.3, -0.25) is 14.5 Å². The summed E-state index contributed by atoms with van der Waals surface area (Å²) in [4.78, 5) is 37.2. The molecule has 8 heteroatoms. The van der Waals surface area contributed by atoms with Crippen LogP contribution in [0.15, 0.2) is 0 Å². The van der Waals surface area contributed by atoms with Crippen LogP contribution >= 0.6 is 0 Å². The SMILES string of the molecule is CNC(=O)[C@@H](CO)NC(=O)[C@@H]1CCCN1C(=O)OC(C)(C)C. The number of likely N-dealkylation sites (tertiary alicyclic amines) is 1. The molecule has 0 unspecified atom stereocenters. The van der Waals surface area contributed by atoms with Gasteiger partial charge >= 0.3 is 6.09 Å². The predicted molar refractivity (Wildman–Crippen MR) is 79.0 cm³/mol. The number of ether oxygens (including phenoxy) is 1. The highest BCUT2D eigenvalue weighted by molar-refractivity contribution is 5.91. The Bertz CT molecular complexity index is 433. The predicted octanol–water partition coefficient (Wildman–Crippen LogP) is -0.391. The van der Waals surface area contributed by atoms with Crippen molar-refractivity contribution in [2.75, 3.05) is 20.2 Å².